The van der Waals surface area contributed by atoms with E-state index in [9.17, 15) is 87.2 Å². The van der Waals surface area contributed by atoms with Crippen LogP contribution in [0.15, 0.2) is 35.3 Å². The maximum Gasteiger partial charge on any atom is 0.327 e. The molecule has 36 nitrogen and oxygen atoms in total. The summed E-state index contributed by atoms with van der Waals surface area (Å²) in [6.45, 7) is 10.3. The number of unbranched alkanes of at least 4 members (excludes halogenated alkanes) is 1. The molecular weight excluding hydrogens is 1340 g/mol. The van der Waals surface area contributed by atoms with Crippen molar-refractivity contribution in [3.8, 4) is 0 Å². The van der Waals surface area contributed by atoms with Crippen LogP contribution < -0.4 is 92.1 Å². The van der Waals surface area contributed by atoms with E-state index in [-0.39, 0.29) is 80.9 Å². The van der Waals surface area contributed by atoms with Crippen molar-refractivity contribution in [1.82, 2.24) is 69.1 Å². The molecule has 1 aromatic rings. The van der Waals surface area contributed by atoms with E-state index < -0.39 is 193 Å². The van der Waals surface area contributed by atoms with Gasteiger partial charge in [0.25, 0.3) is 0 Å². The molecule has 0 bridgehead atoms. The number of aliphatic carboxylic acids is 2. The molecule has 0 saturated carbocycles. The van der Waals surface area contributed by atoms with Gasteiger partial charge < -0.3 is 107 Å². The van der Waals surface area contributed by atoms with E-state index in [1.165, 1.54) is 6.92 Å². The number of hydrogen-bond acceptors (Lipinski definition) is 21. The highest BCUT2D eigenvalue weighted by atomic mass is 33.1. The molecule has 24 N–H and O–H groups in total. The molecule has 38 heteroatoms. The highest BCUT2D eigenvalue weighted by molar-refractivity contribution is 8.76. The number of nitrogens with two attached hydrogens (primary N) is 4. The number of aliphatic hydroxyl groups is 1. The molecular formula is C61H100N18O18S2. The smallest absolute Gasteiger partial charge is 0.327 e. The van der Waals surface area contributed by atoms with Crippen LogP contribution in [0.5, 0.6) is 0 Å². The number of aliphatic imine (C=N–C) groups is 1. The largest absolute Gasteiger partial charge is 0.481 e. The summed E-state index contributed by atoms with van der Waals surface area (Å²) >= 11 is 0. The minimum Gasteiger partial charge on any atom is -0.481 e. The van der Waals surface area contributed by atoms with Crippen LogP contribution in [0.1, 0.15) is 112 Å². The van der Waals surface area contributed by atoms with Crippen molar-refractivity contribution in [2.24, 2.45) is 45.7 Å². The number of amides is 13. The first-order valence-electron chi connectivity index (χ1n) is 32.3. The minimum atomic E-state index is -1.95. The molecule has 0 radical (unpaired) electrons. The van der Waals surface area contributed by atoms with Gasteiger partial charge in [-0.1, -0.05) is 93.5 Å². The number of guanidine groups is 1. The highest BCUT2D eigenvalue weighted by Gasteiger charge is 2.37. The number of carboxylic acid groups (broad SMARTS) is 2. The van der Waals surface area contributed by atoms with Gasteiger partial charge in [0.1, 0.15) is 60.4 Å². The third-order valence-corrected chi connectivity index (χ3v) is 17.1. The molecule has 99 heavy (non-hydrogen) atoms. The summed E-state index contributed by atoms with van der Waals surface area (Å²) in [6, 6.07) is -7.80. The monoisotopic (exact) mass is 1440 g/mol. The Morgan fingerprint density at radius 3 is 1.54 bits per heavy atom. The van der Waals surface area contributed by atoms with E-state index >= 15 is 0 Å². The van der Waals surface area contributed by atoms with Gasteiger partial charge in [-0.05, 0) is 88.7 Å². The first-order valence-corrected chi connectivity index (χ1v) is 34.8. The number of rotatable bonds is 19. The van der Waals surface area contributed by atoms with Gasteiger partial charge in [-0.25, -0.2) is 4.79 Å². The molecule has 2 rings (SSSR count). The third kappa shape index (κ3) is 34.0. The summed E-state index contributed by atoms with van der Waals surface area (Å²) in [5, 5.41) is 61.7. The fraction of sp³-hybridized carbons (Fsp3) is 0.639. The van der Waals surface area contributed by atoms with Crippen LogP contribution in [-0.4, -0.2) is 227 Å². The van der Waals surface area contributed by atoms with Crippen LogP contribution in [0.2, 0.25) is 0 Å². The molecule has 554 valence electrons. The quantitative estimate of drug-likeness (QED) is 0.0265. The number of carboxylic acids is 2. The molecule has 1 aliphatic rings. The van der Waals surface area contributed by atoms with Gasteiger partial charge in [-0.2, -0.15) is 0 Å². The molecule has 0 spiro atoms. The van der Waals surface area contributed by atoms with E-state index in [2.05, 4.69) is 74.1 Å². The molecule has 1 heterocycles. The predicted octanol–water partition coefficient (Wildman–Crippen LogP) is -5.96. The lowest BCUT2D eigenvalue weighted by atomic mass is 9.98. The van der Waals surface area contributed by atoms with E-state index in [1.54, 1.807) is 71.9 Å². The number of aliphatic hydroxyl groups excluding tert-OH is 1. The van der Waals surface area contributed by atoms with Crippen LogP contribution in [0.25, 0.3) is 0 Å². The predicted molar refractivity (Wildman–Crippen MR) is 365 cm³/mol. The van der Waals surface area contributed by atoms with Crippen LogP contribution >= 0.6 is 21.6 Å². The summed E-state index contributed by atoms with van der Waals surface area (Å²) in [7, 11) is 1.79. The second-order valence-corrected chi connectivity index (χ2v) is 27.3. The van der Waals surface area contributed by atoms with E-state index in [1.807, 2.05) is 0 Å². The molecule has 0 aliphatic carbocycles. The molecule has 0 aromatic heterocycles. The molecule has 12 atom stereocenters. The van der Waals surface area contributed by atoms with Gasteiger partial charge in [0.2, 0.25) is 76.8 Å². The number of nitrogens with zero attached hydrogens (tertiary/aromatic N) is 1. The Hall–Kier alpha value is -8.88. The van der Waals surface area contributed by atoms with E-state index in [4.69, 9.17) is 22.9 Å². The van der Waals surface area contributed by atoms with E-state index in [0.29, 0.717) is 18.4 Å². The van der Waals surface area contributed by atoms with Crippen molar-refractivity contribution in [1.29, 1.82) is 0 Å². The summed E-state index contributed by atoms with van der Waals surface area (Å²) in [5.74, 6) is -17.5. The lowest BCUT2D eigenvalue weighted by molar-refractivity contribution is -0.142. The Kier molecular flexibility index (Phi) is 39.1. The summed E-state index contributed by atoms with van der Waals surface area (Å²) in [6.07, 6.45) is -2.13. The summed E-state index contributed by atoms with van der Waals surface area (Å²) in [4.78, 5) is 207. The topological polar surface area (TPSA) is 590 Å². The lowest BCUT2D eigenvalue weighted by Crippen LogP contribution is -2.61. The van der Waals surface area contributed by atoms with Crippen LogP contribution in [0, 0.1) is 17.8 Å². The SMILES string of the molecule is CC(C)CC1NC(=O)[C@H](C)NC(=O)C(Cc2ccccc2)NC(=O)[C@H](C(C)C)NC(=O)C(CC(C)C)NC(=O)[C@H](CCCN=C(N)N)NC(=O)CNC(=O)[C@H](CCCCN)NC(=O)[C@@H](N)CSSCC(C(=O)O)NC(=O)CNC(=O)C(CC(=O)O)NC(=O)[C@H]([C@@H](C)O)NC(=O)CNC1=O. The molecule has 1 aliphatic heterocycles. The first kappa shape index (κ1) is 86.2. The number of carbonyl (C=O) groups excluding carboxylic acids is 13. The average Bonchev–Trinajstić information content (AvgIpc) is 0.859. The first-order chi connectivity index (χ1) is 46.5. The zero-order valence-corrected chi connectivity index (χ0v) is 58.5. The zero-order chi connectivity index (χ0) is 74.6. The van der Waals surface area contributed by atoms with Crippen molar-refractivity contribution in [2.75, 3.05) is 44.2 Å². The minimum absolute atomic E-state index is 0.0125. The number of carbonyl (C=O) groups is 15. The molecule has 13 amide bonds. The maximum atomic E-state index is 14.4. The summed E-state index contributed by atoms with van der Waals surface area (Å²) < 4.78 is 0. The molecule has 5 unspecified atom stereocenters. The standard InChI is InChI=1S/C61H100N18O18S2/c1-30(2)21-39-53(89)69-27-46(83)78-49(34(8)80)59(95)77-42(24-47(84)85)54(90)68-26-45(82)72-43(60(96)97)29-99-98-28-36(63)51(87)73-37(17-12-13-19-62)52(88)67-25-44(81)71-38(18-14-20-66-61(64)65)55(91)75-40(22-31(3)4)57(93)79-48(32(5)6)58(94)76-41(23-35-15-10-9-11-16-35)56(92)70-33(7)50(86)74-39/h9-11,15-16,30-34,36-43,48-49,80H,12-14,17-29,62-63H2,1-8H3,(H,67,88)(H,68,90)(H,69,89)(H,70,92)(H,71,81)(H,72,82)(H,73,87)(H,74,86)(H,75,91)(H,76,94)(H,77,95)(H,78,83)(H,79,93)(H,84,85)(H,96,97)(H4,64,65,66)/t33-,34+,36-,37-,38-,39?,40?,41?,42?,43?,48-,49-/m0/s1. The fourth-order valence-electron chi connectivity index (χ4n) is 9.40. The third-order valence-electron chi connectivity index (χ3n) is 14.7. The van der Waals surface area contributed by atoms with Crippen molar-refractivity contribution in [3.05, 3.63) is 35.9 Å². The maximum absolute atomic E-state index is 14.4. The molecule has 1 saturated heterocycles. The van der Waals surface area contributed by atoms with Crippen LogP contribution in [0.4, 0.5) is 0 Å². The van der Waals surface area contributed by atoms with Gasteiger partial charge in [-0.15, -0.1) is 0 Å². The van der Waals surface area contributed by atoms with Crippen molar-refractivity contribution in [2.45, 2.75) is 186 Å². The van der Waals surface area contributed by atoms with Gasteiger partial charge in [-0.3, -0.25) is 72.1 Å². The number of benzene rings is 1. The van der Waals surface area contributed by atoms with Crippen LogP contribution in [-0.2, 0) is 78.3 Å². The van der Waals surface area contributed by atoms with Crippen LogP contribution in [0.3, 0.4) is 0 Å². The van der Waals surface area contributed by atoms with Crippen molar-refractivity contribution < 1.29 is 87.2 Å². The normalized spacial score (nSPS) is 25.2. The Labute approximate surface area is 581 Å². The number of hydrogen-bond donors (Lipinski definition) is 20. The second kappa shape index (κ2) is 44.9. The average molecular weight is 1440 g/mol. The Morgan fingerprint density at radius 2 is 0.990 bits per heavy atom. The van der Waals surface area contributed by atoms with Gasteiger partial charge in [0.15, 0.2) is 5.96 Å². The van der Waals surface area contributed by atoms with Gasteiger partial charge in [0.05, 0.1) is 38.2 Å². The van der Waals surface area contributed by atoms with Gasteiger partial charge >= 0.3 is 11.9 Å². The Morgan fingerprint density at radius 1 is 0.525 bits per heavy atom. The fourth-order valence-corrected chi connectivity index (χ4v) is 11.7. The highest BCUT2D eigenvalue weighted by Crippen LogP contribution is 2.23. The zero-order valence-electron chi connectivity index (χ0n) is 56.9. The lowest BCUT2D eigenvalue weighted by Gasteiger charge is -2.29. The summed E-state index contributed by atoms with van der Waals surface area (Å²) in [5.41, 5.74) is 23.5. The van der Waals surface area contributed by atoms with Crippen molar-refractivity contribution in [3.63, 3.8) is 0 Å². The van der Waals surface area contributed by atoms with Gasteiger partial charge in [0, 0.05) is 24.5 Å². The molecule has 1 fully saturated rings. The Bertz CT molecular complexity index is 2960. The molecule has 1 aromatic carbocycles. The second-order valence-electron chi connectivity index (χ2n) is 24.7. The van der Waals surface area contributed by atoms with E-state index in [0.717, 1.165) is 28.5 Å². The number of nitrogens with one attached hydrogen (secondary N) is 13. The van der Waals surface area contributed by atoms with Crippen molar-refractivity contribution >= 4 is 116 Å². The Balaban J connectivity index is 2.66.